The lowest BCUT2D eigenvalue weighted by molar-refractivity contribution is -0.262. The predicted octanol–water partition coefficient (Wildman–Crippen LogP) is 7.72. The molecule has 0 saturated heterocycles. The molecule has 0 fully saturated rings. The van der Waals surface area contributed by atoms with E-state index < -0.39 is 39.0 Å². The molecule has 0 N–H and O–H groups in total. The molecule has 230 valence electrons. The van der Waals surface area contributed by atoms with Gasteiger partial charge in [0.25, 0.3) is 6.10 Å². The number of hydrogen-bond donors (Lipinski definition) is 0. The first kappa shape index (κ1) is 35.2. The summed E-state index contributed by atoms with van der Waals surface area (Å²) in [4.78, 5) is 15.2. The van der Waals surface area contributed by atoms with E-state index in [1.807, 2.05) is 0 Å². The van der Waals surface area contributed by atoms with Crippen LogP contribution < -0.4 is 0 Å². The Morgan fingerprint density at radius 1 is 0.714 bits per heavy atom. The molecule has 3 rings (SSSR count). The molecule has 0 saturated carbocycles. The first-order chi connectivity index (χ1) is 19.1. The molecule has 0 amide bonds. The molecule has 42 heavy (non-hydrogen) atoms. The maximum Gasteiger partial charge on any atom is 0.432 e. The summed E-state index contributed by atoms with van der Waals surface area (Å²) >= 11 is 0. The van der Waals surface area contributed by atoms with Gasteiger partial charge in [-0.1, -0.05) is 69.3 Å². The zero-order chi connectivity index (χ0) is 32.1. The molecule has 0 aliphatic heterocycles. The van der Waals surface area contributed by atoms with Gasteiger partial charge in [0.15, 0.2) is 24.8 Å². The summed E-state index contributed by atoms with van der Waals surface area (Å²) in [6, 6.07) is 30.7. The average Bonchev–Trinajstić information content (AvgIpc) is 2.87. The second kappa shape index (κ2) is 13.1. The van der Waals surface area contributed by atoms with E-state index in [-0.39, 0.29) is 16.3 Å². The van der Waals surface area contributed by atoms with Crippen molar-refractivity contribution in [1.29, 1.82) is 0 Å². The van der Waals surface area contributed by atoms with E-state index in [1.54, 1.807) is 0 Å². The number of hydrogen-bond acceptors (Lipinski definition) is 5. The maximum absolute atomic E-state index is 12.9. The Morgan fingerprint density at radius 2 is 1.10 bits per heavy atom. The van der Waals surface area contributed by atoms with Gasteiger partial charge in [-0.2, -0.15) is 22.0 Å². The van der Waals surface area contributed by atoms with Crippen molar-refractivity contribution in [2.75, 3.05) is 0 Å². The zero-order valence-electron chi connectivity index (χ0n) is 23.9. The summed E-state index contributed by atoms with van der Waals surface area (Å²) < 4.78 is 96.9. The minimum absolute atomic E-state index is 0.0497. The van der Waals surface area contributed by atoms with Gasteiger partial charge in [-0.05, 0) is 68.1 Å². The number of halogens is 5. The van der Waals surface area contributed by atoms with Crippen LogP contribution in [0.1, 0.15) is 47.1 Å². The second-order valence-electron chi connectivity index (χ2n) is 11.3. The van der Waals surface area contributed by atoms with Crippen LogP contribution in [0.4, 0.5) is 22.0 Å². The van der Waals surface area contributed by atoms with Crippen LogP contribution in [0.2, 0.25) is 0 Å². The lowest BCUT2D eigenvalue weighted by Crippen LogP contribution is -2.53. The zero-order valence-corrected chi connectivity index (χ0v) is 25.5. The van der Waals surface area contributed by atoms with Gasteiger partial charge < -0.3 is 9.29 Å². The van der Waals surface area contributed by atoms with Gasteiger partial charge >= 0.3 is 17.4 Å². The van der Waals surface area contributed by atoms with Crippen molar-refractivity contribution in [3.63, 3.8) is 0 Å². The smallest absolute Gasteiger partial charge is 0.432 e. The van der Waals surface area contributed by atoms with Crippen molar-refractivity contribution in [2.24, 2.45) is 5.41 Å². The summed E-state index contributed by atoms with van der Waals surface area (Å²) in [6.45, 7) is 9.97. The van der Waals surface area contributed by atoms with E-state index in [0.717, 1.165) is 20.8 Å². The van der Waals surface area contributed by atoms with E-state index in [0.29, 0.717) is 0 Å². The Morgan fingerprint density at radius 3 is 1.40 bits per heavy atom. The molecule has 3 aromatic carbocycles. The SMILES string of the molecule is CC(C)(C)C(=O)OC(C(F)(F)F)C(F)(F)S(=O)(=O)[O-].CC(C)(C)c1ccc([S+](c2ccccc2)c2ccccc2)cc1. The third-order valence-electron chi connectivity index (χ3n) is 5.69. The van der Waals surface area contributed by atoms with Crippen LogP contribution in [0.25, 0.3) is 0 Å². The fourth-order valence-electron chi connectivity index (χ4n) is 3.35. The molecule has 5 nitrogen and oxygen atoms in total. The second-order valence-corrected chi connectivity index (χ2v) is 14.8. The summed E-state index contributed by atoms with van der Waals surface area (Å²) in [5, 5.41) is -5.81. The Bertz CT molecular complexity index is 1370. The number of ether oxygens (including phenoxy) is 1. The summed E-state index contributed by atoms with van der Waals surface area (Å²) in [5.41, 5.74) is -0.0195. The number of benzene rings is 3. The molecule has 0 spiro atoms. The third-order valence-corrected chi connectivity index (χ3v) is 8.80. The average molecular weight is 633 g/mol. The minimum atomic E-state index is -6.66. The molecule has 0 radical (unpaired) electrons. The third kappa shape index (κ3) is 9.27. The monoisotopic (exact) mass is 632 g/mol. The van der Waals surface area contributed by atoms with Gasteiger partial charge in [-0.3, -0.25) is 4.79 Å². The van der Waals surface area contributed by atoms with Crippen LogP contribution >= 0.6 is 0 Å². The van der Waals surface area contributed by atoms with E-state index in [9.17, 15) is 39.7 Å². The molecule has 3 aromatic rings. The Labute approximate surface area is 246 Å². The predicted molar refractivity (Wildman–Crippen MR) is 150 cm³/mol. The molecule has 0 aromatic heterocycles. The van der Waals surface area contributed by atoms with E-state index >= 15 is 0 Å². The first-order valence-electron chi connectivity index (χ1n) is 12.6. The molecular formula is C30H33F5O5S2. The topological polar surface area (TPSA) is 83.5 Å². The standard InChI is InChI=1S/C22H23S.C8H11F5O5S/c1-22(2,3)18-14-16-21(17-15-18)23(19-10-6-4-7-11-19)20-12-8-5-9-13-20;1-6(2,3)5(14)18-4(7(9,10)11)8(12,13)19(15,16)17/h4-17H,1-3H3;4H,1-3H3,(H,15,16,17)/q+1;/p-1. The van der Waals surface area contributed by atoms with Gasteiger partial charge in [0.2, 0.25) is 0 Å². The molecule has 0 aliphatic carbocycles. The van der Waals surface area contributed by atoms with Crippen LogP contribution in [0.5, 0.6) is 0 Å². The molecule has 0 heterocycles. The highest BCUT2D eigenvalue weighted by Gasteiger charge is 2.63. The molecule has 0 aliphatic rings. The molecule has 1 unspecified atom stereocenters. The maximum atomic E-state index is 12.9. The largest absolute Gasteiger partial charge is 0.743 e. The van der Waals surface area contributed by atoms with E-state index in [1.165, 1.54) is 20.2 Å². The van der Waals surface area contributed by atoms with Gasteiger partial charge in [-0.15, -0.1) is 0 Å². The Balaban J connectivity index is 0.000000301. The quantitative estimate of drug-likeness (QED) is 0.120. The Hall–Kier alpha value is -2.96. The van der Waals surface area contributed by atoms with E-state index in [2.05, 4.69) is 110 Å². The van der Waals surface area contributed by atoms with Crippen LogP contribution in [-0.4, -0.2) is 36.5 Å². The fraction of sp³-hybridized carbons (Fsp3) is 0.367. The van der Waals surface area contributed by atoms with Crippen LogP contribution in [0, 0.1) is 5.41 Å². The number of alkyl halides is 5. The van der Waals surface area contributed by atoms with Gasteiger partial charge in [0.05, 0.1) is 16.3 Å². The highest BCUT2D eigenvalue weighted by Crippen LogP contribution is 2.39. The lowest BCUT2D eigenvalue weighted by atomic mass is 9.87. The lowest BCUT2D eigenvalue weighted by Gasteiger charge is -2.31. The Kier molecular flexibility index (Phi) is 11.0. The van der Waals surface area contributed by atoms with Crippen LogP contribution in [-0.2, 0) is 36.0 Å². The fourth-order valence-corrected chi connectivity index (χ4v) is 5.88. The highest BCUT2D eigenvalue weighted by atomic mass is 32.2. The molecule has 0 bridgehead atoms. The van der Waals surface area contributed by atoms with Crippen molar-refractivity contribution in [2.45, 2.75) is 79.2 Å². The number of rotatable bonds is 6. The minimum Gasteiger partial charge on any atom is -0.743 e. The van der Waals surface area contributed by atoms with Crippen molar-refractivity contribution in [1.82, 2.24) is 0 Å². The van der Waals surface area contributed by atoms with Gasteiger partial charge in [0.1, 0.15) is 0 Å². The van der Waals surface area contributed by atoms with Crippen molar-refractivity contribution in [3.05, 3.63) is 90.5 Å². The number of esters is 1. The van der Waals surface area contributed by atoms with Gasteiger partial charge in [-0.25, -0.2) is 8.42 Å². The summed E-state index contributed by atoms with van der Waals surface area (Å²) in [6.07, 6.45) is -10.3. The highest BCUT2D eigenvalue weighted by molar-refractivity contribution is 7.97. The first-order valence-corrected chi connectivity index (χ1v) is 15.3. The molecule has 1 atom stereocenters. The van der Waals surface area contributed by atoms with Crippen LogP contribution in [0.15, 0.2) is 99.6 Å². The number of carbonyl (C=O) groups excluding carboxylic acids is 1. The summed E-state index contributed by atoms with van der Waals surface area (Å²) in [5.74, 6) is -1.72. The van der Waals surface area contributed by atoms with Crippen molar-refractivity contribution in [3.8, 4) is 0 Å². The molecular weight excluding hydrogens is 599 g/mol. The van der Waals surface area contributed by atoms with Crippen molar-refractivity contribution >= 4 is 27.0 Å². The van der Waals surface area contributed by atoms with E-state index in [4.69, 9.17) is 0 Å². The molecule has 12 heteroatoms. The summed E-state index contributed by atoms with van der Waals surface area (Å²) in [7, 11) is -6.71. The normalized spacial score (nSPS) is 13.6. The number of carbonyl (C=O) groups is 1. The van der Waals surface area contributed by atoms with Gasteiger partial charge in [0, 0.05) is 0 Å². The van der Waals surface area contributed by atoms with Crippen LogP contribution in [0.3, 0.4) is 0 Å². The van der Waals surface area contributed by atoms with Crippen molar-refractivity contribution < 1.29 is 44.5 Å².